The molecule has 19 heavy (non-hydrogen) atoms. The molecule has 0 aliphatic carbocycles. The van der Waals surface area contributed by atoms with Crippen LogP contribution in [0, 0.1) is 0 Å². The van der Waals surface area contributed by atoms with Gasteiger partial charge in [-0.05, 0) is 34.1 Å². The quantitative estimate of drug-likeness (QED) is 0.736. The normalized spacial score (nSPS) is 11.3. The van der Waals surface area contributed by atoms with Crippen molar-refractivity contribution >= 4 is 11.6 Å². The minimum Gasteiger partial charge on any atom is -0.396 e. The van der Waals surface area contributed by atoms with Crippen molar-refractivity contribution in [2.75, 3.05) is 18.9 Å². The van der Waals surface area contributed by atoms with Crippen LogP contribution in [0.4, 0.5) is 5.69 Å². The maximum absolute atomic E-state index is 12.1. The van der Waals surface area contributed by atoms with Gasteiger partial charge >= 0.3 is 0 Å². The number of aromatic nitrogens is 2. The predicted octanol–water partition coefficient (Wildman–Crippen LogP) is 1.59. The van der Waals surface area contributed by atoms with Gasteiger partial charge in [0.2, 0.25) is 0 Å². The van der Waals surface area contributed by atoms with Gasteiger partial charge in [0.05, 0.1) is 18.0 Å². The second-order valence-electron chi connectivity index (χ2n) is 5.02. The van der Waals surface area contributed by atoms with Crippen molar-refractivity contribution in [3.8, 4) is 0 Å². The van der Waals surface area contributed by atoms with Crippen molar-refractivity contribution in [3.63, 3.8) is 0 Å². The van der Waals surface area contributed by atoms with Gasteiger partial charge in [-0.2, -0.15) is 5.10 Å². The molecule has 0 fully saturated rings. The molecule has 6 nitrogen and oxygen atoms in total. The highest BCUT2D eigenvalue weighted by molar-refractivity contribution is 5.97. The molecular formula is C13H24N4O2. The fraction of sp³-hybridized carbons (Fsp3) is 0.692. The van der Waals surface area contributed by atoms with E-state index in [1.54, 1.807) is 4.68 Å². The van der Waals surface area contributed by atoms with Crippen molar-refractivity contribution in [1.82, 2.24) is 15.1 Å². The number of nitrogens with two attached hydrogens (primary N) is 1. The fourth-order valence-corrected chi connectivity index (χ4v) is 1.68. The number of nitrogen functional groups attached to an aromatic ring is 1. The summed E-state index contributed by atoms with van der Waals surface area (Å²) < 4.78 is 7.04. The SMILES string of the molecule is CC(C)OCCCNC(=O)c1c(N)cnn1C(C)C. The molecule has 108 valence electrons. The van der Waals surface area contributed by atoms with E-state index in [1.165, 1.54) is 6.20 Å². The molecule has 0 aromatic carbocycles. The lowest BCUT2D eigenvalue weighted by molar-refractivity contribution is 0.0755. The summed E-state index contributed by atoms with van der Waals surface area (Å²) >= 11 is 0. The Kier molecular flexibility index (Phi) is 5.82. The van der Waals surface area contributed by atoms with Gasteiger partial charge < -0.3 is 15.8 Å². The van der Waals surface area contributed by atoms with Crippen LogP contribution in [-0.4, -0.2) is 34.9 Å². The van der Waals surface area contributed by atoms with Crippen LogP contribution in [0.1, 0.15) is 50.6 Å². The number of hydrogen-bond acceptors (Lipinski definition) is 4. The van der Waals surface area contributed by atoms with Gasteiger partial charge in [0.15, 0.2) is 0 Å². The summed E-state index contributed by atoms with van der Waals surface area (Å²) in [6.45, 7) is 9.09. The Bertz CT molecular complexity index is 413. The summed E-state index contributed by atoms with van der Waals surface area (Å²) in [6, 6.07) is 0.0994. The molecule has 3 N–H and O–H groups in total. The zero-order valence-corrected chi connectivity index (χ0v) is 12.1. The van der Waals surface area contributed by atoms with Crippen LogP contribution in [0.5, 0.6) is 0 Å². The van der Waals surface area contributed by atoms with Crippen LogP contribution in [0.25, 0.3) is 0 Å². The molecule has 1 amide bonds. The zero-order chi connectivity index (χ0) is 14.4. The summed E-state index contributed by atoms with van der Waals surface area (Å²) in [6.07, 6.45) is 2.50. The maximum Gasteiger partial charge on any atom is 0.271 e. The first-order chi connectivity index (χ1) is 8.93. The Morgan fingerprint density at radius 2 is 2.16 bits per heavy atom. The zero-order valence-electron chi connectivity index (χ0n) is 12.1. The maximum atomic E-state index is 12.1. The first-order valence-corrected chi connectivity index (χ1v) is 6.66. The Morgan fingerprint density at radius 3 is 2.74 bits per heavy atom. The first-order valence-electron chi connectivity index (χ1n) is 6.66. The van der Waals surface area contributed by atoms with E-state index in [-0.39, 0.29) is 18.1 Å². The average molecular weight is 268 g/mol. The van der Waals surface area contributed by atoms with Gasteiger partial charge in [0.25, 0.3) is 5.91 Å². The molecule has 1 heterocycles. The number of rotatable bonds is 7. The van der Waals surface area contributed by atoms with E-state index >= 15 is 0 Å². The highest BCUT2D eigenvalue weighted by Gasteiger charge is 2.17. The van der Waals surface area contributed by atoms with Gasteiger partial charge in [0.1, 0.15) is 5.69 Å². The van der Waals surface area contributed by atoms with E-state index in [4.69, 9.17) is 10.5 Å². The molecule has 1 aromatic rings. The Balaban J connectivity index is 2.48. The Labute approximate surface area is 114 Å². The highest BCUT2D eigenvalue weighted by atomic mass is 16.5. The van der Waals surface area contributed by atoms with Gasteiger partial charge in [-0.3, -0.25) is 9.48 Å². The monoisotopic (exact) mass is 268 g/mol. The molecule has 0 unspecified atom stereocenters. The molecule has 0 aliphatic rings. The molecule has 0 bridgehead atoms. The number of amides is 1. The van der Waals surface area contributed by atoms with Crippen molar-refractivity contribution in [2.24, 2.45) is 0 Å². The molecule has 6 heteroatoms. The van der Waals surface area contributed by atoms with Gasteiger partial charge in [-0.25, -0.2) is 0 Å². The Morgan fingerprint density at radius 1 is 1.47 bits per heavy atom. The smallest absolute Gasteiger partial charge is 0.271 e. The third kappa shape index (κ3) is 4.55. The molecule has 0 radical (unpaired) electrons. The van der Waals surface area contributed by atoms with Crippen LogP contribution in [0.2, 0.25) is 0 Å². The molecule has 0 saturated heterocycles. The van der Waals surface area contributed by atoms with Crippen molar-refractivity contribution < 1.29 is 9.53 Å². The van der Waals surface area contributed by atoms with E-state index in [9.17, 15) is 4.79 Å². The third-order valence-corrected chi connectivity index (χ3v) is 2.59. The van der Waals surface area contributed by atoms with Crippen molar-refractivity contribution in [2.45, 2.75) is 46.3 Å². The largest absolute Gasteiger partial charge is 0.396 e. The van der Waals surface area contributed by atoms with Crippen LogP contribution in [0.15, 0.2) is 6.20 Å². The second kappa shape index (κ2) is 7.13. The van der Waals surface area contributed by atoms with Crippen LogP contribution in [-0.2, 0) is 4.74 Å². The van der Waals surface area contributed by atoms with Crippen molar-refractivity contribution in [3.05, 3.63) is 11.9 Å². The number of ether oxygens (including phenoxy) is 1. The number of anilines is 1. The van der Waals surface area contributed by atoms with E-state index in [1.807, 2.05) is 27.7 Å². The summed E-state index contributed by atoms with van der Waals surface area (Å²) in [5.41, 5.74) is 6.62. The number of nitrogens with zero attached hydrogens (tertiary/aromatic N) is 2. The summed E-state index contributed by atoms with van der Waals surface area (Å²) in [7, 11) is 0. The van der Waals surface area contributed by atoms with E-state index in [0.717, 1.165) is 6.42 Å². The molecule has 0 spiro atoms. The molecule has 1 rings (SSSR count). The van der Waals surface area contributed by atoms with Crippen LogP contribution < -0.4 is 11.1 Å². The Hall–Kier alpha value is -1.56. The van der Waals surface area contributed by atoms with E-state index in [2.05, 4.69) is 10.4 Å². The third-order valence-electron chi connectivity index (χ3n) is 2.59. The molecule has 0 saturated carbocycles. The molecule has 0 atom stereocenters. The van der Waals surface area contributed by atoms with Crippen LogP contribution in [0.3, 0.4) is 0 Å². The first kappa shape index (κ1) is 15.5. The average Bonchev–Trinajstić information content (AvgIpc) is 2.70. The molecule has 0 aliphatic heterocycles. The van der Waals surface area contributed by atoms with Gasteiger partial charge in [-0.1, -0.05) is 0 Å². The van der Waals surface area contributed by atoms with Gasteiger partial charge in [-0.15, -0.1) is 0 Å². The topological polar surface area (TPSA) is 82.2 Å². The fourth-order valence-electron chi connectivity index (χ4n) is 1.68. The standard InChI is InChI=1S/C13H24N4O2/c1-9(2)17-12(11(14)8-16-17)13(18)15-6-5-7-19-10(3)4/h8-10H,5-7,14H2,1-4H3,(H,15,18). The minimum atomic E-state index is -0.187. The highest BCUT2D eigenvalue weighted by Crippen LogP contribution is 2.15. The lowest BCUT2D eigenvalue weighted by Gasteiger charge is -2.12. The lowest BCUT2D eigenvalue weighted by Crippen LogP contribution is -2.29. The van der Waals surface area contributed by atoms with Crippen LogP contribution >= 0.6 is 0 Å². The second-order valence-corrected chi connectivity index (χ2v) is 5.02. The molecule has 1 aromatic heterocycles. The summed E-state index contributed by atoms with van der Waals surface area (Å²) in [5, 5.41) is 6.95. The number of carbonyl (C=O) groups excluding carboxylic acids is 1. The summed E-state index contributed by atoms with van der Waals surface area (Å²) in [5.74, 6) is -0.187. The number of hydrogen-bond donors (Lipinski definition) is 2. The minimum absolute atomic E-state index is 0.0994. The number of nitrogens with one attached hydrogen (secondary N) is 1. The summed E-state index contributed by atoms with van der Waals surface area (Å²) in [4.78, 5) is 12.1. The van der Waals surface area contributed by atoms with E-state index in [0.29, 0.717) is 24.5 Å². The van der Waals surface area contributed by atoms with Crippen molar-refractivity contribution in [1.29, 1.82) is 0 Å². The van der Waals surface area contributed by atoms with E-state index < -0.39 is 0 Å². The predicted molar refractivity (Wildman–Crippen MR) is 75.1 cm³/mol. The number of carbonyl (C=O) groups is 1. The molecular weight excluding hydrogens is 244 g/mol. The van der Waals surface area contributed by atoms with Gasteiger partial charge in [0, 0.05) is 19.2 Å². The lowest BCUT2D eigenvalue weighted by atomic mass is 10.3.